The van der Waals surface area contributed by atoms with E-state index >= 15 is 0 Å². The van der Waals surface area contributed by atoms with Crippen LogP contribution in [0, 0.1) is 0 Å². The van der Waals surface area contributed by atoms with Crippen molar-refractivity contribution in [3.05, 3.63) is 48.0 Å². The van der Waals surface area contributed by atoms with Crippen LogP contribution in [0.4, 0.5) is 0 Å². The molecule has 0 aliphatic rings. The minimum Gasteiger partial charge on any atom is -0.504 e. The molecule has 5 nitrogen and oxygen atoms in total. The van der Waals surface area contributed by atoms with Crippen molar-refractivity contribution in [1.29, 1.82) is 0 Å². The molecule has 0 radical (unpaired) electrons. The van der Waals surface area contributed by atoms with Gasteiger partial charge >= 0.3 is 0 Å². The molecular formula is C18H22O5S. The fraction of sp³-hybridized carbons (Fsp3) is 0.333. The number of phenols is 1. The van der Waals surface area contributed by atoms with E-state index in [2.05, 4.69) is 6.92 Å². The molecule has 0 aliphatic carbocycles. The van der Waals surface area contributed by atoms with E-state index in [0.717, 1.165) is 25.7 Å². The van der Waals surface area contributed by atoms with Crippen LogP contribution in [0.25, 0.3) is 0 Å². The molecule has 0 bridgehead atoms. The Bertz CT molecular complexity index is 769. The zero-order valence-corrected chi connectivity index (χ0v) is 14.4. The molecule has 0 saturated heterocycles. The second-order valence-electron chi connectivity index (χ2n) is 5.64. The fourth-order valence-electron chi connectivity index (χ4n) is 2.44. The number of hydrogen-bond acceptors (Lipinski definition) is 4. The van der Waals surface area contributed by atoms with E-state index in [1.165, 1.54) is 12.1 Å². The van der Waals surface area contributed by atoms with E-state index in [9.17, 15) is 18.1 Å². The second kappa shape index (κ2) is 8.17. The van der Waals surface area contributed by atoms with Gasteiger partial charge in [0.1, 0.15) is 10.6 Å². The minimum atomic E-state index is -4.52. The van der Waals surface area contributed by atoms with Crippen LogP contribution in [0.15, 0.2) is 47.4 Å². The van der Waals surface area contributed by atoms with Crippen LogP contribution in [-0.2, 0) is 16.5 Å². The summed E-state index contributed by atoms with van der Waals surface area (Å²) >= 11 is 0. The third-order valence-electron chi connectivity index (χ3n) is 3.66. The van der Waals surface area contributed by atoms with Crippen LogP contribution >= 0.6 is 0 Å². The van der Waals surface area contributed by atoms with Gasteiger partial charge < -0.3 is 9.84 Å². The SMILES string of the molecule is CCCCCCc1cc(O)c(Oc2ccccc2)c(S(=O)(=O)O)c1. The normalized spacial score (nSPS) is 11.4. The number of aromatic hydroxyl groups is 1. The molecule has 0 heterocycles. The summed E-state index contributed by atoms with van der Waals surface area (Å²) in [6, 6.07) is 11.3. The van der Waals surface area contributed by atoms with Crippen LogP contribution in [0.5, 0.6) is 17.2 Å². The lowest BCUT2D eigenvalue weighted by atomic mass is 10.1. The van der Waals surface area contributed by atoms with Gasteiger partial charge in [0.15, 0.2) is 11.5 Å². The van der Waals surface area contributed by atoms with Crippen molar-refractivity contribution in [3.8, 4) is 17.2 Å². The summed E-state index contributed by atoms with van der Waals surface area (Å²) in [5.74, 6) is -0.200. The first-order valence-corrected chi connectivity index (χ1v) is 9.42. The van der Waals surface area contributed by atoms with Gasteiger partial charge in [-0.1, -0.05) is 44.4 Å². The van der Waals surface area contributed by atoms with Crippen molar-refractivity contribution in [3.63, 3.8) is 0 Å². The zero-order chi connectivity index (χ0) is 17.6. The van der Waals surface area contributed by atoms with E-state index in [0.29, 0.717) is 17.7 Å². The number of unbranched alkanes of at least 4 members (excludes halogenated alkanes) is 3. The number of hydrogen-bond donors (Lipinski definition) is 2. The van der Waals surface area contributed by atoms with Crippen LogP contribution in [0.2, 0.25) is 0 Å². The van der Waals surface area contributed by atoms with Gasteiger partial charge in [0.25, 0.3) is 10.1 Å². The van der Waals surface area contributed by atoms with Crippen molar-refractivity contribution in [2.45, 2.75) is 43.9 Å². The van der Waals surface area contributed by atoms with E-state index in [1.807, 2.05) is 0 Å². The predicted molar refractivity (Wildman–Crippen MR) is 92.3 cm³/mol. The molecule has 0 aliphatic heterocycles. The van der Waals surface area contributed by atoms with Gasteiger partial charge in [-0.2, -0.15) is 8.42 Å². The molecule has 2 aromatic carbocycles. The molecule has 6 heteroatoms. The van der Waals surface area contributed by atoms with Gasteiger partial charge in [-0.05, 0) is 42.7 Å². The molecule has 0 unspecified atom stereocenters. The maximum Gasteiger partial charge on any atom is 0.298 e. The van der Waals surface area contributed by atoms with Gasteiger partial charge in [0.05, 0.1) is 0 Å². The first-order chi connectivity index (χ1) is 11.4. The van der Waals surface area contributed by atoms with Crippen LogP contribution < -0.4 is 4.74 Å². The van der Waals surface area contributed by atoms with E-state index in [1.54, 1.807) is 30.3 Å². The highest BCUT2D eigenvalue weighted by molar-refractivity contribution is 7.86. The highest BCUT2D eigenvalue weighted by Crippen LogP contribution is 2.38. The van der Waals surface area contributed by atoms with Gasteiger partial charge in [0.2, 0.25) is 0 Å². The quantitative estimate of drug-likeness (QED) is 0.539. The zero-order valence-electron chi connectivity index (χ0n) is 13.6. The maximum atomic E-state index is 11.7. The number of ether oxygens (including phenoxy) is 1. The molecule has 0 aromatic heterocycles. The average Bonchev–Trinajstić information content (AvgIpc) is 2.54. The smallest absolute Gasteiger partial charge is 0.298 e. The van der Waals surface area contributed by atoms with Gasteiger partial charge in [-0.15, -0.1) is 0 Å². The average molecular weight is 350 g/mol. The molecule has 0 saturated carbocycles. The van der Waals surface area contributed by atoms with Crippen molar-refractivity contribution >= 4 is 10.1 Å². The van der Waals surface area contributed by atoms with Gasteiger partial charge in [-0.25, -0.2) is 0 Å². The van der Waals surface area contributed by atoms with Crippen molar-refractivity contribution in [2.75, 3.05) is 0 Å². The standard InChI is InChI=1S/C18H22O5S/c1-2-3-4-6-9-14-12-16(19)18(17(13-14)24(20,21)22)23-15-10-7-5-8-11-15/h5,7-8,10-13,19H,2-4,6,9H2,1H3,(H,20,21,22). The van der Waals surface area contributed by atoms with E-state index in [4.69, 9.17) is 4.74 Å². The lowest BCUT2D eigenvalue weighted by molar-refractivity contribution is 0.396. The summed E-state index contributed by atoms with van der Waals surface area (Å²) in [5.41, 5.74) is 0.650. The van der Waals surface area contributed by atoms with Crippen molar-refractivity contribution in [1.82, 2.24) is 0 Å². The molecule has 2 rings (SSSR count). The summed E-state index contributed by atoms with van der Waals surface area (Å²) in [6.45, 7) is 2.11. The highest BCUT2D eigenvalue weighted by Gasteiger charge is 2.22. The Kier molecular flexibility index (Phi) is 6.23. The first kappa shape index (κ1) is 18.3. The Hall–Kier alpha value is -2.05. The monoisotopic (exact) mass is 350 g/mol. The highest BCUT2D eigenvalue weighted by atomic mass is 32.2. The Morgan fingerprint density at radius 2 is 1.75 bits per heavy atom. The lowest BCUT2D eigenvalue weighted by Gasteiger charge is -2.13. The van der Waals surface area contributed by atoms with Crippen LogP contribution in [0.3, 0.4) is 0 Å². The second-order valence-corrected chi connectivity index (χ2v) is 7.03. The van der Waals surface area contributed by atoms with E-state index < -0.39 is 15.0 Å². The van der Waals surface area contributed by atoms with Gasteiger partial charge in [-0.3, -0.25) is 4.55 Å². The van der Waals surface area contributed by atoms with Crippen molar-refractivity contribution < 1.29 is 22.8 Å². The largest absolute Gasteiger partial charge is 0.504 e. The number of para-hydroxylation sites is 1. The number of rotatable bonds is 8. The number of benzene rings is 2. The molecule has 24 heavy (non-hydrogen) atoms. The molecule has 0 spiro atoms. The molecule has 0 atom stereocenters. The molecule has 2 aromatic rings. The van der Waals surface area contributed by atoms with Crippen LogP contribution in [-0.4, -0.2) is 18.1 Å². The third-order valence-corrected chi connectivity index (χ3v) is 4.51. The Morgan fingerprint density at radius 1 is 1.04 bits per heavy atom. The fourth-order valence-corrected chi connectivity index (χ4v) is 3.12. The third kappa shape index (κ3) is 4.97. The molecule has 2 N–H and O–H groups in total. The molecule has 0 amide bonds. The molecular weight excluding hydrogens is 328 g/mol. The summed E-state index contributed by atoms with van der Waals surface area (Å²) in [4.78, 5) is -0.420. The summed E-state index contributed by atoms with van der Waals surface area (Å²) in [6.07, 6.45) is 4.75. The summed E-state index contributed by atoms with van der Waals surface area (Å²) in [5, 5.41) is 10.2. The van der Waals surface area contributed by atoms with E-state index in [-0.39, 0.29) is 11.5 Å². The van der Waals surface area contributed by atoms with Gasteiger partial charge in [0, 0.05) is 0 Å². The Labute approximate surface area is 142 Å². The topological polar surface area (TPSA) is 83.8 Å². The van der Waals surface area contributed by atoms with Crippen LogP contribution in [0.1, 0.15) is 38.2 Å². The number of aryl methyl sites for hydroxylation is 1. The number of phenolic OH excluding ortho intramolecular Hbond substituents is 1. The Morgan fingerprint density at radius 3 is 2.38 bits per heavy atom. The molecule has 0 fully saturated rings. The Balaban J connectivity index is 2.33. The predicted octanol–water partition coefficient (Wildman–Crippen LogP) is 4.55. The molecule has 130 valence electrons. The maximum absolute atomic E-state index is 11.7. The van der Waals surface area contributed by atoms with Crippen molar-refractivity contribution in [2.24, 2.45) is 0 Å². The minimum absolute atomic E-state index is 0.263. The lowest BCUT2D eigenvalue weighted by Crippen LogP contribution is -2.03. The first-order valence-electron chi connectivity index (χ1n) is 7.98. The summed E-state index contributed by atoms with van der Waals surface area (Å²) < 4.78 is 38.3. The summed E-state index contributed by atoms with van der Waals surface area (Å²) in [7, 11) is -4.52.